The monoisotopic (exact) mass is 477 g/mol. The number of fused-ring (bicyclic) bond motifs is 1. The summed E-state index contributed by atoms with van der Waals surface area (Å²) in [4.78, 5) is 21.5. The van der Waals surface area contributed by atoms with Crippen molar-refractivity contribution in [3.8, 4) is 22.8 Å². The first-order valence-electron chi connectivity index (χ1n) is 11.3. The number of nitrogens with zero attached hydrogens (tertiary/aromatic N) is 2. The number of carbonyl (C=O) groups is 1. The molecule has 3 N–H and O–H groups in total. The van der Waals surface area contributed by atoms with E-state index in [9.17, 15) is 4.79 Å². The van der Waals surface area contributed by atoms with Gasteiger partial charge in [-0.3, -0.25) is 0 Å². The first kappa shape index (κ1) is 22.9. The molecule has 5 rings (SSSR count). The van der Waals surface area contributed by atoms with Gasteiger partial charge in [0.25, 0.3) is 0 Å². The van der Waals surface area contributed by atoms with Crippen molar-refractivity contribution < 1.29 is 23.7 Å². The Labute approximate surface area is 203 Å². The summed E-state index contributed by atoms with van der Waals surface area (Å²) in [6.45, 7) is 0.765. The predicted molar refractivity (Wildman–Crippen MR) is 130 cm³/mol. The van der Waals surface area contributed by atoms with Crippen LogP contribution < -0.4 is 25.4 Å². The van der Waals surface area contributed by atoms with Crippen molar-refractivity contribution in [1.82, 2.24) is 15.3 Å². The number of nitrogens with one attached hydrogen (secondary N) is 3. The summed E-state index contributed by atoms with van der Waals surface area (Å²) in [5, 5.41) is 9.10. The molecule has 1 aromatic heterocycles. The van der Waals surface area contributed by atoms with Crippen LogP contribution in [0, 0.1) is 0 Å². The Hall–Kier alpha value is -3.89. The van der Waals surface area contributed by atoms with Crippen LogP contribution in [0.25, 0.3) is 11.3 Å². The van der Waals surface area contributed by atoms with E-state index in [1.54, 1.807) is 44.7 Å². The molecule has 182 valence electrons. The van der Waals surface area contributed by atoms with Gasteiger partial charge in [-0.1, -0.05) is 12.1 Å². The van der Waals surface area contributed by atoms with Crippen LogP contribution in [-0.4, -0.2) is 67.7 Å². The standard InChI is InChI=1S/C25H27N5O5/c1-32-16-9-7-15(8-10-16)27-25(31)30-20-14-35-22-19(13-34-23(20)22)29-24-26-12-11-18(28-24)17-5-3-4-6-21(17)33-2/h3-12,19-20,22-23H,13-14H2,1-2H3,(H,26,28,29)(H2,27,30,31). The number of carbonyl (C=O) groups excluding carboxylic acids is 1. The highest BCUT2D eigenvalue weighted by atomic mass is 16.6. The molecule has 2 saturated heterocycles. The Balaban J connectivity index is 1.20. The third-order valence-corrected chi connectivity index (χ3v) is 6.07. The Morgan fingerprint density at radius 3 is 2.46 bits per heavy atom. The summed E-state index contributed by atoms with van der Waals surface area (Å²) in [5.74, 6) is 1.93. The first-order valence-corrected chi connectivity index (χ1v) is 11.3. The van der Waals surface area contributed by atoms with Gasteiger partial charge in [0.2, 0.25) is 5.95 Å². The number of urea groups is 1. The summed E-state index contributed by atoms with van der Waals surface area (Å²) in [6.07, 6.45) is 1.19. The van der Waals surface area contributed by atoms with Crippen molar-refractivity contribution in [3.05, 3.63) is 60.8 Å². The summed E-state index contributed by atoms with van der Waals surface area (Å²) in [5.41, 5.74) is 2.29. The highest BCUT2D eigenvalue weighted by Gasteiger charge is 2.48. The summed E-state index contributed by atoms with van der Waals surface area (Å²) in [6, 6.07) is 15.9. The van der Waals surface area contributed by atoms with Gasteiger partial charge in [0.15, 0.2) is 0 Å². The number of hydrogen-bond donors (Lipinski definition) is 3. The van der Waals surface area contributed by atoms with Crippen molar-refractivity contribution in [2.75, 3.05) is 38.1 Å². The van der Waals surface area contributed by atoms with Gasteiger partial charge in [0, 0.05) is 17.4 Å². The molecule has 0 aliphatic carbocycles. The molecule has 4 unspecified atom stereocenters. The molecule has 0 radical (unpaired) electrons. The van der Waals surface area contributed by atoms with E-state index in [2.05, 4.69) is 25.9 Å². The van der Waals surface area contributed by atoms with E-state index in [1.807, 2.05) is 30.3 Å². The normalized spacial score (nSPS) is 22.8. The van der Waals surface area contributed by atoms with Crippen LogP contribution in [-0.2, 0) is 9.47 Å². The summed E-state index contributed by atoms with van der Waals surface area (Å²) >= 11 is 0. The largest absolute Gasteiger partial charge is 0.497 e. The third-order valence-electron chi connectivity index (χ3n) is 6.07. The number of rotatable bonds is 7. The van der Waals surface area contributed by atoms with E-state index in [1.165, 1.54) is 0 Å². The lowest BCUT2D eigenvalue weighted by atomic mass is 10.1. The molecule has 2 aliphatic rings. The Morgan fingerprint density at radius 1 is 0.943 bits per heavy atom. The SMILES string of the molecule is COc1ccc(NC(=O)NC2COC3C(Nc4nccc(-c5ccccc5OC)n4)COC23)cc1. The second-order valence-corrected chi connectivity index (χ2v) is 8.25. The number of ether oxygens (including phenoxy) is 4. The number of amides is 2. The number of aromatic nitrogens is 2. The van der Waals surface area contributed by atoms with Gasteiger partial charge in [0.1, 0.15) is 23.7 Å². The third kappa shape index (κ3) is 4.98. The van der Waals surface area contributed by atoms with Crippen LogP contribution >= 0.6 is 0 Å². The van der Waals surface area contributed by atoms with Crippen molar-refractivity contribution in [2.45, 2.75) is 24.3 Å². The van der Waals surface area contributed by atoms with Gasteiger partial charge in [0.05, 0.1) is 45.2 Å². The minimum atomic E-state index is -0.322. The van der Waals surface area contributed by atoms with Gasteiger partial charge in [-0.15, -0.1) is 0 Å². The van der Waals surface area contributed by atoms with Crippen molar-refractivity contribution >= 4 is 17.7 Å². The smallest absolute Gasteiger partial charge is 0.319 e. The molecule has 2 aliphatic heterocycles. The average molecular weight is 478 g/mol. The van der Waals surface area contributed by atoms with E-state index < -0.39 is 0 Å². The molecule has 0 bridgehead atoms. The maximum Gasteiger partial charge on any atom is 0.319 e. The maximum absolute atomic E-state index is 12.5. The Bertz CT molecular complexity index is 1170. The lowest BCUT2D eigenvalue weighted by Crippen LogP contribution is -2.46. The minimum Gasteiger partial charge on any atom is -0.497 e. The molecule has 2 amide bonds. The molecule has 2 fully saturated rings. The highest BCUT2D eigenvalue weighted by molar-refractivity contribution is 5.89. The van der Waals surface area contributed by atoms with E-state index >= 15 is 0 Å². The first-order chi connectivity index (χ1) is 17.1. The van der Waals surface area contributed by atoms with Crippen LogP contribution in [0.2, 0.25) is 0 Å². The fourth-order valence-electron chi connectivity index (χ4n) is 4.36. The molecule has 2 aromatic carbocycles. The van der Waals surface area contributed by atoms with Crippen LogP contribution in [0.3, 0.4) is 0 Å². The van der Waals surface area contributed by atoms with E-state index in [0.29, 0.717) is 24.8 Å². The molecular weight excluding hydrogens is 450 g/mol. The second-order valence-electron chi connectivity index (χ2n) is 8.25. The minimum absolute atomic E-state index is 0.149. The maximum atomic E-state index is 12.5. The lowest BCUT2D eigenvalue weighted by molar-refractivity contribution is 0.0683. The van der Waals surface area contributed by atoms with Crippen LogP contribution in [0.1, 0.15) is 0 Å². The molecule has 35 heavy (non-hydrogen) atoms. The average Bonchev–Trinajstić information content (AvgIpc) is 3.48. The highest BCUT2D eigenvalue weighted by Crippen LogP contribution is 2.31. The predicted octanol–water partition coefficient (Wildman–Crippen LogP) is 2.93. The number of para-hydroxylation sites is 1. The van der Waals surface area contributed by atoms with Gasteiger partial charge in [-0.2, -0.15) is 0 Å². The van der Waals surface area contributed by atoms with Gasteiger partial charge < -0.3 is 34.9 Å². The summed E-state index contributed by atoms with van der Waals surface area (Å²) in [7, 11) is 3.23. The molecular formula is C25H27N5O5. The molecule has 10 nitrogen and oxygen atoms in total. The summed E-state index contributed by atoms with van der Waals surface area (Å²) < 4.78 is 22.6. The fraction of sp³-hybridized carbons (Fsp3) is 0.320. The van der Waals surface area contributed by atoms with Crippen LogP contribution in [0.5, 0.6) is 11.5 Å². The van der Waals surface area contributed by atoms with Crippen molar-refractivity contribution in [3.63, 3.8) is 0 Å². The molecule has 0 saturated carbocycles. The zero-order valence-electron chi connectivity index (χ0n) is 19.4. The van der Waals surface area contributed by atoms with E-state index in [4.69, 9.17) is 18.9 Å². The van der Waals surface area contributed by atoms with Crippen LogP contribution in [0.15, 0.2) is 60.8 Å². The lowest BCUT2D eigenvalue weighted by Gasteiger charge is -2.19. The number of benzene rings is 2. The molecule has 3 heterocycles. The number of hydrogen-bond acceptors (Lipinski definition) is 8. The van der Waals surface area contributed by atoms with Crippen molar-refractivity contribution in [2.24, 2.45) is 0 Å². The van der Waals surface area contributed by atoms with E-state index in [-0.39, 0.29) is 30.3 Å². The van der Waals surface area contributed by atoms with Gasteiger partial charge >= 0.3 is 6.03 Å². The number of methoxy groups -OCH3 is 2. The van der Waals surface area contributed by atoms with Gasteiger partial charge in [-0.25, -0.2) is 14.8 Å². The van der Waals surface area contributed by atoms with Crippen LogP contribution in [0.4, 0.5) is 16.4 Å². The molecule has 10 heteroatoms. The number of anilines is 2. The molecule has 0 spiro atoms. The zero-order valence-corrected chi connectivity index (χ0v) is 19.4. The Morgan fingerprint density at radius 2 is 1.69 bits per heavy atom. The fourth-order valence-corrected chi connectivity index (χ4v) is 4.36. The Kier molecular flexibility index (Phi) is 6.64. The molecule has 3 aromatic rings. The topological polar surface area (TPSA) is 116 Å². The van der Waals surface area contributed by atoms with Crippen molar-refractivity contribution in [1.29, 1.82) is 0 Å². The second kappa shape index (κ2) is 10.2. The molecule has 4 atom stereocenters. The van der Waals surface area contributed by atoms with Gasteiger partial charge in [-0.05, 0) is 42.5 Å². The van der Waals surface area contributed by atoms with E-state index in [0.717, 1.165) is 22.8 Å². The zero-order chi connectivity index (χ0) is 24.2. The quantitative estimate of drug-likeness (QED) is 0.476.